The number of aryl methyl sites for hydroxylation is 1. The van der Waals surface area contributed by atoms with E-state index >= 15 is 0 Å². The lowest BCUT2D eigenvalue weighted by Crippen LogP contribution is -2.45. The molecule has 1 aliphatic rings. The van der Waals surface area contributed by atoms with Crippen LogP contribution in [-0.2, 0) is 15.8 Å². The summed E-state index contributed by atoms with van der Waals surface area (Å²) >= 11 is 0. The van der Waals surface area contributed by atoms with Crippen molar-refractivity contribution in [1.29, 1.82) is 0 Å². The van der Waals surface area contributed by atoms with Crippen LogP contribution in [0, 0.1) is 6.92 Å². The number of rotatable bonds is 7. The number of halogens is 3. The second kappa shape index (κ2) is 10.3. The number of aromatic nitrogens is 2. The summed E-state index contributed by atoms with van der Waals surface area (Å²) in [7, 11) is 0. The summed E-state index contributed by atoms with van der Waals surface area (Å²) in [5.41, 5.74) is 0.948. The molecule has 3 aromatic rings. The van der Waals surface area contributed by atoms with E-state index in [0.29, 0.717) is 36.3 Å². The van der Waals surface area contributed by atoms with Gasteiger partial charge in [0, 0.05) is 24.5 Å². The van der Waals surface area contributed by atoms with Crippen molar-refractivity contribution in [2.24, 2.45) is 0 Å². The number of aromatic carboxylic acids is 1. The Bertz CT molecular complexity index is 1320. The molecular formula is C25H24F3N5O4. The van der Waals surface area contributed by atoms with Crippen LogP contribution in [0.2, 0.25) is 0 Å². The molecule has 0 radical (unpaired) electrons. The molecule has 12 heteroatoms. The van der Waals surface area contributed by atoms with Crippen molar-refractivity contribution in [3.63, 3.8) is 0 Å². The summed E-state index contributed by atoms with van der Waals surface area (Å²) < 4.78 is 39.6. The van der Waals surface area contributed by atoms with Crippen molar-refractivity contribution in [2.45, 2.75) is 32.0 Å². The zero-order valence-electron chi connectivity index (χ0n) is 19.7. The van der Waals surface area contributed by atoms with E-state index in [1.807, 2.05) is 0 Å². The van der Waals surface area contributed by atoms with Crippen LogP contribution in [0.5, 0.6) is 0 Å². The first-order valence-corrected chi connectivity index (χ1v) is 11.4. The average molecular weight is 515 g/mol. The van der Waals surface area contributed by atoms with Crippen LogP contribution in [0.25, 0.3) is 5.69 Å². The van der Waals surface area contributed by atoms with Gasteiger partial charge in [0.05, 0.1) is 23.4 Å². The van der Waals surface area contributed by atoms with Crippen LogP contribution < -0.4 is 10.6 Å². The van der Waals surface area contributed by atoms with Crippen molar-refractivity contribution < 1.29 is 32.7 Å². The van der Waals surface area contributed by atoms with Gasteiger partial charge < -0.3 is 20.6 Å². The summed E-state index contributed by atoms with van der Waals surface area (Å²) in [5, 5.41) is 19.0. The molecule has 194 valence electrons. The second-order valence-corrected chi connectivity index (χ2v) is 8.61. The Labute approximate surface area is 209 Å². The molecule has 37 heavy (non-hydrogen) atoms. The lowest BCUT2D eigenvalue weighted by Gasteiger charge is -2.24. The summed E-state index contributed by atoms with van der Waals surface area (Å²) in [5.74, 6) is -1.50. The molecule has 4 rings (SSSR count). The predicted octanol–water partition coefficient (Wildman–Crippen LogP) is 3.94. The first kappa shape index (κ1) is 25.7. The number of hydrogen-bond donors (Lipinski definition) is 3. The fourth-order valence-corrected chi connectivity index (χ4v) is 4.17. The van der Waals surface area contributed by atoms with Crippen LogP contribution in [0.1, 0.15) is 34.3 Å². The third kappa shape index (κ3) is 5.90. The topological polar surface area (TPSA) is 117 Å². The lowest BCUT2D eigenvalue weighted by molar-refractivity contribution is -0.137. The number of likely N-dealkylation sites (tertiary alicyclic amines) is 1. The highest BCUT2D eigenvalue weighted by molar-refractivity contribution is 5.97. The van der Waals surface area contributed by atoms with Crippen LogP contribution in [-0.4, -0.2) is 56.7 Å². The molecule has 1 aromatic heterocycles. The minimum Gasteiger partial charge on any atom is -0.478 e. The van der Waals surface area contributed by atoms with Gasteiger partial charge in [-0.05, 0) is 67.8 Å². The Kier molecular flexibility index (Phi) is 7.18. The first-order chi connectivity index (χ1) is 17.5. The molecule has 3 N–H and O–H groups in total. The van der Waals surface area contributed by atoms with Gasteiger partial charge in [-0.1, -0.05) is 0 Å². The molecule has 0 unspecified atom stereocenters. The van der Waals surface area contributed by atoms with Gasteiger partial charge in [-0.15, -0.1) is 0 Å². The van der Waals surface area contributed by atoms with Gasteiger partial charge in [0.15, 0.2) is 5.82 Å². The highest BCUT2D eigenvalue weighted by Gasteiger charge is 2.34. The van der Waals surface area contributed by atoms with Crippen LogP contribution in [0.15, 0.2) is 54.7 Å². The third-order valence-electron chi connectivity index (χ3n) is 6.08. The Hall–Kier alpha value is -4.35. The minimum absolute atomic E-state index is 0.171. The van der Waals surface area contributed by atoms with Gasteiger partial charge in [-0.3, -0.25) is 9.59 Å². The fourth-order valence-electron chi connectivity index (χ4n) is 4.17. The minimum atomic E-state index is -4.44. The largest absolute Gasteiger partial charge is 0.478 e. The number of nitrogens with zero attached hydrogens (tertiary/aromatic N) is 3. The molecule has 1 saturated heterocycles. The van der Waals surface area contributed by atoms with Gasteiger partial charge in [-0.25, -0.2) is 9.48 Å². The number of benzene rings is 2. The number of anilines is 2. The van der Waals surface area contributed by atoms with Crippen molar-refractivity contribution in [3.8, 4) is 5.69 Å². The molecule has 9 nitrogen and oxygen atoms in total. The Morgan fingerprint density at radius 2 is 1.84 bits per heavy atom. The number of carbonyl (C=O) groups excluding carboxylic acids is 2. The zero-order chi connectivity index (χ0) is 26.7. The van der Waals surface area contributed by atoms with Gasteiger partial charge in [0.2, 0.25) is 11.8 Å². The number of hydrogen-bond acceptors (Lipinski definition) is 5. The fraction of sp³-hybridized carbons (Fsp3) is 0.280. The molecule has 2 heterocycles. The van der Waals surface area contributed by atoms with E-state index in [9.17, 15) is 32.7 Å². The molecule has 1 aliphatic heterocycles. The summed E-state index contributed by atoms with van der Waals surface area (Å²) in [6, 6.07) is 10.00. The Morgan fingerprint density at radius 1 is 1.11 bits per heavy atom. The van der Waals surface area contributed by atoms with Crippen LogP contribution in [0.3, 0.4) is 0 Å². The molecule has 0 bridgehead atoms. The molecule has 1 fully saturated rings. The molecular weight excluding hydrogens is 491 g/mol. The van der Waals surface area contributed by atoms with E-state index in [4.69, 9.17) is 0 Å². The molecule has 0 spiro atoms. The molecule has 1 atom stereocenters. The highest BCUT2D eigenvalue weighted by Crippen LogP contribution is 2.30. The number of nitrogens with one attached hydrogen (secondary N) is 2. The molecule has 0 aliphatic carbocycles. The van der Waals surface area contributed by atoms with E-state index in [0.717, 1.165) is 12.1 Å². The monoisotopic (exact) mass is 515 g/mol. The van der Waals surface area contributed by atoms with E-state index in [2.05, 4.69) is 15.7 Å². The van der Waals surface area contributed by atoms with Crippen LogP contribution >= 0.6 is 0 Å². The number of carboxylic acid groups (broad SMARTS) is 1. The van der Waals surface area contributed by atoms with Crippen molar-refractivity contribution >= 4 is 29.3 Å². The van der Waals surface area contributed by atoms with E-state index in [1.54, 1.807) is 31.3 Å². The predicted molar refractivity (Wildman–Crippen MR) is 129 cm³/mol. The Morgan fingerprint density at radius 3 is 2.49 bits per heavy atom. The van der Waals surface area contributed by atoms with E-state index in [-0.39, 0.29) is 23.8 Å². The molecule has 2 amide bonds. The van der Waals surface area contributed by atoms with Gasteiger partial charge >= 0.3 is 12.1 Å². The third-order valence-corrected chi connectivity index (χ3v) is 6.08. The smallest absolute Gasteiger partial charge is 0.416 e. The SMILES string of the molecule is Cc1cc(-n2ccc(NC(=O)[C@H]3CCCN3C(=O)CNc3ccc(C(F)(F)F)cc3)n2)ccc1C(=O)O. The van der Waals surface area contributed by atoms with Crippen molar-refractivity contribution in [3.05, 3.63) is 71.4 Å². The Balaban J connectivity index is 1.36. The van der Waals surface area contributed by atoms with E-state index in [1.165, 1.54) is 27.8 Å². The quantitative estimate of drug-likeness (QED) is 0.439. The summed E-state index contributed by atoms with van der Waals surface area (Å²) in [6.45, 7) is 1.89. The van der Waals surface area contributed by atoms with Gasteiger partial charge in [-0.2, -0.15) is 18.3 Å². The number of alkyl halides is 3. The maximum Gasteiger partial charge on any atom is 0.416 e. The average Bonchev–Trinajstić information content (AvgIpc) is 3.52. The van der Waals surface area contributed by atoms with Gasteiger partial charge in [0.25, 0.3) is 0 Å². The normalized spacial score (nSPS) is 15.5. The van der Waals surface area contributed by atoms with E-state index < -0.39 is 29.7 Å². The second-order valence-electron chi connectivity index (χ2n) is 8.61. The summed E-state index contributed by atoms with van der Waals surface area (Å²) in [4.78, 5) is 38.3. The first-order valence-electron chi connectivity index (χ1n) is 11.4. The van der Waals surface area contributed by atoms with Crippen LogP contribution in [0.4, 0.5) is 24.7 Å². The highest BCUT2D eigenvalue weighted by atomic mass is 19.4. The van der Waals surface area contributed by atoms with Crippen molar-refractivity contribution in [2.75, 3.05) is 23.7 Å². The summed E-state index contributed by atoms with van der Waals surface area (Å²) in [6.07, 6.45) is -1.72. The zero-order valence-corrected chi connectivity index (χ0v) is 19.7. The van der Waals surface area contributed by atoms with Crippen molar-refractivity contribution in [1.82, 2.24) is 14.7 Å². The standard InChI is InChI=1S/C25H24F3N5O4/c1-15-13-18(8-9-19(15)24(36)37)33-12-10-21(31-33)30-23(35)20-3-2-11-32(20)22(34)14-29-17-6-4-16(5-7-17)25(26,27)28/h4-10,12-13,20,29H,2-3,11,14H2,1H3,(H,36,37)(H,30,31,35)/t20-/m1/s1. The number of amides is 2. The maximum absolute atomic E-state index is 12.9. The molecule has 0 saturated carbocycles. The van der Waals surface area contributed by atoms with Gasteiger partial charge in [0.1, 0.15) is 6.04 Å². The number of carboxylic acids is 1. The lowest BCUT2D eigenvalue weighted by atomic mass is 10.1. The maximum atomic E-state index is 12.9. The molecule has 2 aromatic carbocycles. The number of carbonyl (C=O) groups is 3.